The predicted octanol–water partition coefficient (Wildman–Crippen LogP) is 4.11. The third kappa shape index (κ3) is 3.51. The van der Waals surface area contributed by atoms with E-state index in [4.69, 9.17) is 11.6 Å². The molecule has 0 radical (unpaired) electrons. The molecule has 1 aliphatic heterocycles. The van der Waals surface area contributed by atoms with Crippen molar-refractivity contribution >= 4 is 40.1 Å². The molecule has 3 nitrogen and oxygen atoms in total. The zero-order chi connectivity index (χ0) is 15.5. The van der Waals surface area contributed by atoms with Gasteiger partial charge in [0.15, 0.2) is 5.17 Å². The molecule has 0 aromatic heterocycles. The van der Waals surface area contributed by atoms with Gasteiger partial charge in [-0.15, -0.1) is 0 Å². The van der Waals surface area contributed by atoms with Gasteiger partial charge in [-0.3, -0.25) is 4.79 Å². The van der Waals surface area contributed by atoms with Crippen LogP contribution in [0.25, 0.3) is 0 Å². The van der Waals surface area contributed by atoms with Crippen LogP contribution < -0.4 is 5.32 Å². The average molecular weight is 331 g/mol. The number of hydrogen-bond donors (Lipinski definition) is 1. The molecule has 0 spiro atoms. The van der Waals surface area contributed by atoms with Gasteiger partial charge in [0, 0.05) is 5.02 Å². The van der Waals surface area contributed by atoms with Crippen LogP contribution in [-0.4, -0.2) is 16.3 Å². The number of thioether (sulfide) groups is 1. The van der Waals surface area contributed by atoms with Crippen molar-refractivity contribution in [3.8, 4) is 0 Å². The maximum atomic E-state index is 12.1. The molecule has 112 valence electrons. The summed E-state index contributed by atoms with van der Waals surface area (Å²) in [4.78, 5) is 16.6. The SMILES string of the molecule is Cc1ccccc1C[C@H]1SC(=Nc2ccc(Cl)cc2)NC1=O. The van der Waals surface area contributed by atoms with E-state index in [0.29, 0.717) is 16.6 Å². The fourth-order valence-corrected chi connectivity index (χ4v) is 3.41. The lowest BCUT2D eigenvalue weighted by Gasteiger charge is -2.08. The first-order valence-corrected chi connectivity index (χ1v) is 8.24. The minimum absolute atomic E-state index is 0.0148. The summed E-state index contributed by atoms with van der Waals surface area (Å²) in [5.74, 6) is 0.0148. The Morgan fingerprint density at radius 2 is 1.91 bits per heavy atom. The van der Waals surface area contributed by atoms with Gasteiger partial charge in [0.05, 0.1) is 10.9 Å². The van der Waals surface area contributed by atoms with Crippen molar-refractivity contribution < 1.29 is 4.79 Å². The van der Waals surface area contributed by atoms with Crippen molar-refractivity contribution in [1.82, 2.24) is 5.32 Å². The van der Waals surface area contributed by atoms with Crippen molar-refractivity contribution in [2.45, 2.75) is 18.6 Å². The summed E-state index contributed by atoms with van der Waals surface area (Å²) in [5.41, 5.74) is 3.19. The summed E-state index contributed by atoms with van der Waals surface area (Å²) >= 11 is 7.33. The van der Waals surface area contributed by atoms with Crippen LogP contribution in [0.1, 0.15) is 11.1 Å². The van der Waals surface area contributed by atoms with Crippen LogP contribution in [0.15, 0.2) is 53.5 Å². The molecule has 5 heteroatoms. The van der Waals surface area contributed by atoms with Crippen LogP contribution in [0.3, 0.4) is 0 Å². The van der Waals surface area contributed by atoms with Gasteiger partial charge in [-0.25, -0.2) is 4.99 Å². The number of aryl methyl sites for hydroxylation is 1. The number of nitrogens with one attached hydrogen (secondary N) is 1. The monoisotopic (exact) mass is 330 g/mol. The number of amidine groups is 1. The van der Waals surface area contributed by atoms with Crippen molar-refractivity contribution in [3.05, 3.63) is 64.7 Å². The zero-order valence-corrected chi connectivity index (χ0v) is 13.6. The van der Waals surface area contributed by atoms with Crippen LogP contribution in [0, 0.1) is 6.92 Å². The molecule has 1 aliphatic rings. The summed E-state index contributed by atoms with van der Waals surface area (Å²) in [5, 5.41) is 4.03. The third-order valence-electron chi connectivity index (χ3n) is 3.50. The molecule has 2 aromatic rings. The van der Waals surface area contributed by atoms with Crippen molar-refractivity contribution in [2.24, 2.45) is 4.99 Å². The van der Waals surface area contributed by atoms with Gasteiger partial charge in [0.1, 0.15) is 0 Å². The van der Waals surface area contributed by atoms with Crippen LogP contribution in [0.2, 0.25) is 5.02 Å². The maximum absolute atomic E-state index is 12.1. The number of carbonyl (C=O) groups is 1. The molecule has 3 rings (SSSR count). The largest absolute Gasteiger partial charge is 0.304 e. The van der Waals surface area contributed by atoms with Crippen molar-refractivity contribution in [1.29, 1.82) is 0 Å². The Hall–Kier alpha value is -1.78. The molecule has 22 heavy (non-hydrogen) atoms. The van der Waals surface area contributed by atoms with E-state index < -0.39 is 0 Å². The normalized spacial score (nSPS) is 19.5. The lowest BCUT2D eigenvalue weighted by atomic mass is 10.0. The highest BCUT2D eigenvalue weighted by molar-refractivity contribution is 8.15. The number of carbonyl (C=O) groups excluding carboxylic acids is 1. The smallest absolute Gasteiger partial charge is 0.239 e. The number of halogens is 1. The van der Waals surface area contributed by atoms with Gasteiger partial charge in [-0.05, 0) is 48.7 Å². The van der Waals surface area contributed by atoms with Crippen LogP contribution in [0.5, 0.6) is 0 Å². The first-order valence-electron chi connectivity index (χ1n) is 6.98. The second kappa shape index (κ2) is 6.55. The van der Waals surface area contributed by atoms with Crippen LogP contribution in [-0.2, 0) is 11.2 Å². The molecule has 2 aromatic carbocycles. The fraction of sp³-hybridized carbons (Fsp3) is 0.176. The molecule has 1 saturated heterocycles. The Kier molecular flexibility index (Phi) is 4.50. The Morgan fingerprint density at radius 1 is 1.18 bits per heavy atom. The lowest BCUT2D eigenvalue weighted by molar-refractivity contribution is -0.118. The second-order valence-corrected chi connectivity index (χ2v) is 6.75. The molecular formula is C17H15ClN2OS. The van der Waals surface area contributed by atoms with E-state index in [9.17, 15) is 4.79 Å². The first kappa shape index (κ1) is 15.1. The molecule has 0 unspecified atom stereocenters. The standard InChI is InChI=1S/C17H15ClN2OS/c1-11-4-2-3-5-12(11)10-15-16(21)20-17(22-15)19-14-8-6-13(18)7-9-14/h2-9,15H,10H2,1H3,(H,19,20,21)/t15-/m1/s1. The Morgan fingerprint density at radius 3 is 2.64 bits per heavy atom. The van der Waals surface area contributed by atoms with E-state index in [2.05, 4.69) is 29.4 Å². The molecule has 0 saturated carbocycles. The van der Waals surface area contributed by atoms with E-state index in [1.165, 1.54) is 22.9 Å². The fourth-order valence-electron chi connectivity index (χ4n) is 2.26. The number of rotatable bonds is 3. The van der Waals surface area contributed by atoms with E-state index in [0.717, 1.165) is 5.69 Å². The Bertz CT molecular complexity index is 728. The topological polar surface area (TPSA) is 41.5 Å². The predicted molar refractivity (Wildman–Crippen MR) is 93.0 cm³/mol. The molecule has 0 aliphatic carbocycles. The molecule has 1 N–H and O–H groups in total. The number of benzene rings is 2. The quantitative estimate of drug-likeness (QED) is 0.920. The van der Waals surface area contributed by atoms with Crippen LogP contribution in [0.4, 0.5) is 5.69 Å². The van der Waals surface area contributed by atoms with E-state index in [1.54, 1.807) is 12.1 Å². The van der Waals surface area contributed by atoms with Gasteiger partial charge in [-0.2, -0.15) is 0 Å². The highest BCUT2D eigenvalue weighted by Crippen LogP contribution is 2.27. The highest BCUT2D eigenvalue weighted by Gasteiger charge is 2.30. The molecule has 1 fully saturated rings. The molecule has 1 amide bonds. The van der Waals surface area contributed by atoms with Crippen molar-refractivity contribution in [2.75, 3.05) is 0 Å². The maximum Gasteiger partial charge on any atom is 0.239 e. The zero-order valence-electron chi connectivity index (χ0n) is 12.0. The highest BCUT2D eigenvalue weighted by atomic mass is 35.5. The Labute approximate surface area is 138 Å². The number of nitrogens with zero attached hydrogens (tertiary/aromatic N) is 1. The number of aliphatic imine (C=N–C) groups is 1. The second-order valence-electron chi connectivity index (χ2n) is 5.12. The number of amides is 1. The lowest BCUT2D eigenvalue weighted by Crippen LogP contribution is -2.26. The third-order valence-corrected chi connectivity index (χ3v) is 4.83. The van der Waals surface area contributed by atoms with Crippen LogP contribution >= 0.6 is 23.4 Å². The Balaban J connectivity index is 1.73. The summed E-state index contributed by atoms with van der Waals surface area (Å²) < 4.78 is 0. The van der Waals surface area contributed by atoms with E-state index in [-0.39, 0.29) is 11.2 Å². The summed E-state index contributed by atoms with van der Waals surface area (Å²) in [6, 6.07) is 15.4. The van der Waals surface area contributed by atoms with Gasteiger partial charge >= 0.3 is 0 Å². The van der Waals surface area contributed by atoms with Gasteiger partial charge in [-0.1, -0.05) is 47.6 Å². The first-order chi connectivity index (χ1) is 10.6. The van der Waals surface area contributed by atoms with Gasteiger partial charge in [0.2, 0.25) is 5.91 Å². The summed E-state index contributed by atoms with van der Waals surface area (Å²) in [6.45, 7) is 2.07. The molecule has 1 atom stereocenters. The minimum Gasteiger partial charge on any atom is -0.304 e. The minimum atomic E-state index is -0.132. The van der Waals surface area contributed by atoms with E-state index >= 15 is 0 Å². The van der Waals surface area contributed by atoms with E-state index in [1.807, 2.05) is 24.3 Å². The molecule has 1 heterocycles. The van der Waals surface area contributed by atoms with Crippen molar-refractivity contribution in [3.63, 3.8) is 0 Å². The molecular weight excluding hydrogens is 316 g/mol. The van der Waals surface area contributed by atoms with Gasteiger partial charge < -0.3 is 5.32 Å². The summed E-state index contributed by atoms with van der Waals surface area (Å²) in [7, 11) is 0. The summed E-state index contributed by atoms with van der Waals surface area (Å²) in [6.07, 6.45) is 0.711. The molecule has 0 bridgehead atoms. The number of hydrogen-bond acceptors (Lipinski definition) is 3. The van der Waals surface area contributed by atoms with Gasteiger partial charge in [0.25, 0.3) is 0 Å². The average Bonchev–Trinajstić information content (AvgIpc) is 2.84.